The average Bonchev–Trinajstić information content (AvgIpc) is 3.74. The van der Waals surface area contributed by atoms with Crippen molar-refractivity contribution < 1.29 is 14.5 Å². The van der Waals surface area contributed by atoms with Gasteiger partial charge in [-0.25, -0.2) is 0 Å². The number of fused-ring (bicyclic) bond motifs is 2. The lowest BCUT2D eigenvalue weighted by molar-refractivity contribution is -0.449. The Morgan fingerprint density at radius 1 is 0.556 bits per heavy atom. The van der Waals surface area contributed by atoms with Crippen LogP contribution in [-0.4, -0.2) is 21.1 Å². The van der Waals surface area contributed by atoms with Crippen molar-refractivity contribution in [2.45, 2.75) is 13.1 Å². The molecule has 0 radical (unpaired) electrons. The average molecular weight is 693 g/mol. The van der Waals surface area contributed by atoms with Gasteiger partial charge in [-0.3, -0.25) is 4.79 Å². The van der Waals surface area contributed by atoms with E-state index in [1.165, 1.54) is 0 Å². The fourth-order valence-electron chi connectivity index (χ4n) is 7.18. The second-order valence-corrected chi connectivity index (χ2v) is 13.4. The van der Waals surface area contributed by atoms with E-state index >= 15 is 0 Å². The summed E-state index contributed by atoms with van der Waals surface area (Å²) in [6.45, 7) is 1.19. The van der Waals surface area contributed by atoms with Crippen LogP contribution in [0.1, 0.15) is 44.5 Å². The quantitative estimate of drug-likeness (QED) is 0.103. The summed E-state index contributed by atoms with van der Waals surface area (Å²) in [5, 5.41) is 15.2. The van der Waals surface area contributed by atoms with Gasteiger partial charge < -0.3 is 9.67 Å². The van der Waals surface area contributed by atoms with Gasteiger partial charge in [-0.2, -0.15) is 4.58 Å². The van der Waals surface area contributed by atoms with Crippen molar-refractivity contribution >= 4 is 39.7 Å². The third-order valence-corrected chi connectivity index (χ3v) is 9.85. The van der Waals surface area contributed by atoms with Gasteiger partial charge in [0.2, 0.25) is 5.69 Å². The minimum atomic E-state index is -0.251. The molecule has 9 rings (SSSR count). The van der Waals surface area contributed by atoms with Crippen LogP contribution in [0.2, 0.25) is 0 Å². The van der Waals surface area contributed by atoms with Crippen molar-refractivity contribution in [3.63, 3.8) is 0 Å². The molecule has 2 heterocycles. The Morgan fingerprint density at radius 3 is 1.74 bits per heavy atom. The van der Waals surface area contributed by atoms with E-state index in [2.05, 4.69) is 57.1 Å². The van der Waals surface area contributed by atoms with Gasteiger partial charge in [0.25, 0.3) is 0 Å². The first-order valence-corrected chi connectivity index (χ1v) is 17.9. The Bertz CT molecular complexity index is 2820. The van der Waals surface area contributed by atoms with Crippen LogP contribution in [0.3, 0.4) is 0 Å². The normalized spacial score (nSPS) is 14.4. The molecule has 0 spiro atoms. The number of ketones is 1. The van der Waals surface area contributed by atoms with E-state index in [4.69, 9.17) is 0 Å². The fraction of sp³-hybridized carbons (Fsp3) is 0.0400. The number of aromatic nitrogens is 1. The SMILES string of the molecule is O=C1C(=C2C=[N+](Cc3ccccc3)c3ccc(C#Cc4ccccc4)cc32)C([O-])=C1c1cn(Cc2ccccc2)c2ccc(C#Cc3ccccc3)cc12. The Hall–Kier alpha value is -7.40. The first kappa shape index (κ1) is 32.5. The third-order valence-electron chi connectivity index (χ3n) is 9.85. The second kappa shape index (κ2) is 14.0. The van der Waals surface area contributed by atoms with E-state index in [1.807, 2.05) is 146 Å². The number of carbonyl (C=O) groups excluding carboxylic acids is 1. The summed E-state index contributed by atoms with van der Waals surface area (Å²) in [6, 6.07) is 52.1. The maximum absolute atomic E-state index is 14.4. The van der Waals surface area contributed by atoms with Gasteiger partial charge in [-0.1, -0.05) is 127 Å². The van der Waals surface area contributed by atoms with E-state index in [0.29, 0.717) is 24.2 Å². The van der Waals surface area contributed by atoms with Crippen LogP contribution in [0.15, 0.2) is 175 Å². The molecule has 1 aliphatic heterocycles. The van der Waals surface area contributed by atoms with Crippen molar-refractivity contribution in [2.24, 2.45) is 0 Å². The number of Topliss-reactive ketones (excluding diaryl/α,β-unsaturated/α-hetero) is 1. The van der Waals surface area contributed by atoms with Gasteiger partial charge >= 0.3 is 0 Å². The number of carbonyl (C=O) groups is 1. The van der Waals surface area contributed by atoms with E-state index < -0.39 is 0 Å². The predicted octanol–water partition coefficient (Wildman–Crippen LogP) is 8.53. The number of rotatable bonds is 5. The smallest absolute Gasteiger partial charge is 0.213 e. The summed E-state index contributed by atoms with van der Waals surface area (Å²) in [6.07, 6.45) is 3.90. The highest BCUT2D eigenvalue weighted by atomic mass is 16.3. The number of nitrogens with zero attached hydrogens (tertiary/aromatic N) is 2. The number of hydrogen-bond donors (Lipinski definition) is 0. The molecule has 0 saturated heterocycles. The minimum Gasteiger partial charge on any atom is -0.871 e. The van der Waals surface area contributed by atoms with E-state index in [9.17, 15) is 9.90 Å². The van der Waals surface area contributed by atoms with E-state index in [0.717, 1.165) is 55.5 Å². The molecule has 4 heteroatoms. The number of allylic oxidation sites excluding steroid dienone is 3. The molecule has 7 aromatic rings. The van der Waals surface area contributed by atoms with Gasteiger partial charge in [-0.15, -0.1) is 0 Å². The maximum Gasteiger partial charge on any atom is 0.213 e. The molecule has 1 aromatic heterocycles. The molecular weight excluding hydrogens is 661 g/mol. The number of benzene rings is 6. The van der Waals surface area contributed by atoms with Crippen LogP contribution in [0.5, 0.6) is 0 Å². The molecule has 0 fully saturated rings. The van der Waals surface area contributed by atoms with Crippen LogP contribution in [-0.2, 0) is 17.9 Å². The lowest BCUT2D eigenvalue weighted by atomic mass is 9.79. The Kier molecular flexibility index (Phi) is 8.40. The third kappa shape index (κ3) is 6.24. The molecule has 6 aromatic carbocycles. The van der Waals surface area contributed by atoms with Crippen LogP contribution < -0.4 is 5.11 Å². The monoisotopic (exact) mass is 692 g/mol. The van der Waals surface area contributed by atoms with E-state index in [-0.39, 0.29) is 22.7 Å². The molecule has 0 atom stereocenters. The largest absolute Gasteiger partial charge is 0.871 e. The second-order valence-electron chi connectivity index (χ2n) is 13.4. The first-order chi connectivity index (χ1) is 26.6. The van der Waals surface area contributed by atoms with Gasteiger partial charge in [0.05, 0.1) is 11.1 Å². The Balaban J connectivity index is 1.17. The highest BCUT2D eigenvalue weighted by Gasteiger charge is 2.38. The van der Waals surface area contributed by atoms with Gasteiger partial charge in [0.15, 0.2) is 18.5 Å². The molecule has 0 amide bonds. The summed E-state index contributed by atoms with van der Waals surface area (Å²) in [5.41, 5.74) is 10.1. The number of hydrogen-bond acceptors (Lipinski definition) is 2. The van der Waals surface area contributed by atoms with Gasteiger partial charge in [-0.05, 0) is 60.2 Å². The molecule has 0 bridgehead atoms. The zero-order valence-corrected chi connectivity index (χ0v) is 29.3. The minimum absolute atomic E-state index is 0.207. The molecule has 0 saturated carbocycles. The van der Waals surface area contributed by atoms with Crippen LogP contribution in [0.4, 0.5) is 5.69 Å². The van der Waals surface area contributed by atoms with Crippen molar-refractivity contribution in [1.82, 2.24) is 4.57 Å². The maximum atomic E-state index is 14.4. The summed E-state index contributed by atoms with van der Waals surface area (Å²) in [5.74, 6) is 12.5. The fourth-order valence-corrected chi connectivity index (χ4v) is 7.18. The lowest BCUT2D eigenvalue weighted by Crippen LogP contribution is -2.30. The predicted molar refractivity (Wildman–Crippen MR) is 214 cm³/mol. The molecule has 0 unspecified atom stereocenters. The standard InChI is InChI=1S/C50H32N2O2/c53-49-47(43-33-51(31-39-17-9-3-10-18-39)45-27-25-37(29-41(43)45)23-21-35-13-5-1-6-14-35)50(54)48(49)44-34-52(32-40-19-11-4-12-20-40)46-28-26-38(30-42(44)46)24-22-36-15-7-2-8-16-36/h1-20,25-30,33-34H,31-32H2. The Labute approximate surface area is 314 Å². The highest BCUT2D eigenvalue weighted by molar-refractivity contribution is 6.45. The van der Waals surface area contributed by atoms with Gasteiger partial charge in [0, 0.05) is 74.2 Å². The molecule has 254 valence electrons. The molecule has 1 aliphatic carbocycles. The van der Waals surface area contributed by atoms with Crippen molar-refractivity contribution in [2.75, 3.05) is 0 Å². The van der Waals surface area contributed by atoms with Crippen LogP contribution in [0.25, 0.3) is 22.0 Å². The lowest BCUT2D eigenvalue weighted by Gasteiger charge is -2.31. The van der Waals surface area contributed by atoms with E-state index in [1.54, 1.807) is 0 Å². The van der Waals surface area contributed by atoms with Gasteiger partial charge in [0.1, 0.15) is 0 Å². The topological polar surface area (TPSA) is 48.1 Å². The van der Waals surface area contributed by atoms with Crippen LogP contribution >= 0.6 is 0 Å². The van der Waals surface area contributed by atoms with Crippen molar-refractivity contribution in [1.29, 1.82) is 0 Å². The molecule has 2 aliphatic rings. The zero-order valence-electron chi connectivity index (χ0n) is 29.3. The van der Waals surface area contributed by atoms with Crippen LogP contribution in [0, 0.1) is 23.7 Å². The molecular formula is C50H32N2O2. The molecule has 54 heavy (non-hydrogen) atoms. The Morgan fingerprint density at radius 2 is 1.11 bits per heavy atom. The molecule has 0 N–H and O–H groups in total. The summed E-state index contributed by atoms with van der Waals surface area (Å²) >= 11 is 0. The summed E-state index contributed by atoms with van der Waals surface area (Å²) < 4.78 is 4.23. The molecule has 4 nitrogen and oxygen atoms in total. The zero-order chi connectivity index (χ0) is 36.4. The van der Waals surface area contributed by atoms with Crippen molar-refractivity contribution in [3.05, 3.63) is 220 Å². The summed E-state index contributed by atoms with van der Waals surface area (Å²) in [7, 11) is 0. The van der Waals surface area contributed by atoms with Crippen molar-refractivity contribution in [3.8, 4) is 23.7 Å². The first-order valence-electron chi connectivity index (χ1n) is 17.9. The summed E-state index contributed by atoms with van der Waals surface area (Å²) in [4.78, 5) is 14.4. The highest BCUT2D eigenvalue weighted by Crippen LogP contribution is 2.45.